The predicted molar refractivity (Wildman–Crippen MR) is 80.8 cm³/mol. The van der Waals surface area contributed by atoms with Crippen LogP contribution in [0.25, 0.3) is 0 Å². The molecule has 0 unspecified atom stereocenters. The summed E-state index contributed by atoms with van der Waals surface area (Å²) in [6.45, 7) is 1.37. The number of halogens is 1. The zero-order valence-corrected chi connectivity index (χ0v) is 12.6. The number of amides is 1. The zero-order chi connectivity index (χ0) is 15.5. The van der Waals surface area contributed by atoms with E-state index in [0.717, 1.165) is 0 Å². The van der Waals surface area contributed by atoms with Crippen LogP contribution < -0.4 is 10.0 Å². The number of carbonyl (C=O) groups excluding carboxylic acids is 1. The molecule has 21 heavy (non-hydrogen) atoms. The Kier molecular flexibility index (Phi) is 4.44. The summed E-state index contributed by atoms with van der Waals surface area (Å²) in [5, 5.41) is 2.84. The summed E-state index contributed by atoms with van der Waals surface area (Å²) in [6, 6.07) is 8.82. The quantitative estimate of drug-likeness (QED) is 0.845. The SMILES string of the molecule is CC(=O)Nc1ccc(S(=O)(=O)Nc2ccc(Cl)nc2)cc1. The van der Waals surface area contributed by atoms with Gasteiger partial charge in [-0.05, 0) is 36.4 Å². The summed E-state index contributed by atoms with van der Waals surface area (Å²) in [7, 11) is -3.72. The highest BCUT2D eigenvalue weighted by Gasteiger charge is 2.14. The number of pyridine rings is 1. The maximum Gasteiger partial charge on any atom is 0.261 e. The molecule has 0 fully saturated rings. The van der Waals surface area contributed by atoms with E-state index in [9.17, 15) is 13.2 Å². The van der Waals surface area contributed by atoms with E-state index < -0.39 is 10.0 Å². The lowest BCUT2D eigenvalue weighted by molar-refractivity contribution is -0.114. The van der Waals surface area contributed by atoms with E-state index in [-0.39, 0.29) is 16.0 Å². The molecule has 0 bridgehead atoms. The molecule has 0 aliphatic carbocycles. The Hall–Kier alpha value is -2.12. The molecule has 6 nitrogen and oxygen atoms in total. The first-order chi connectivity index (χ1) is 9.87. The van der Waals surface area contributed by atoms with Gasteiger partial charge in [-0.2, -0.15) is 0 Å². The van der Waals surface area contributed by atoms with E-state index in [1.165, 1.54) is 49.5 Å². The highest BCUT2D eigenvalue weighted by atomic mass is 35.5. The third-order valence-electron chi connectivity index (χ3n) is 2.46. The fourth-order valence-corrected chi connectivity index (χ4v) is 2.73. The summed E-state index contributed by atoms with van der Waals surface area (Å²) in [5.74, 6) is -0.226. The molecule has 0 aliphatic rings. The Morgan fingerprint density at radius 2 is 1.71 bits per heavy atom. The first kappa shape index (κ1) is 15.3. The average molecular weight is 326 g/mol. The van der Waals surface area contributed by atoms with Crippen LogP contribution in [0.2, 0.25) is 5.15 Å². The molecule has 1 aromatic heterocycles. The largest absolute Gasteiger partial charge is 0.326 e. The molecule has 8 heteroatoms. The molecule has 2 rings (SSSR count). The molecule has 1 amide bonds. The van der Waals surface area contributed by atoms with Crippen LogP contribution in [0.15, 0.2) is 47.5 Å². The number of anilines is 2. The number of carbonyl (C=O) groups is 1. The van der Waals surface area contributed by atoms with Gasteiger partial charge in [0.25, 0.3) is 10.0 Å². The molecule has 0 aliphatic heterocycles. The van der Waals surface area contributed by atoms with Gasteiger partial charge in [0.15, 0.2) is 0 Å². The number of nitrogens with zero attached hydrogens (tertiary/aromatic N) is 1. The number of aromatic nitrogens is 1. The highest BCUT2D eigenvalue weighted by molar-refractivity contribution is 7.92. The second-order valence-electron chi connectivity index (χ2n) is 4.18. The van der Waals surface area contributed by atoms with E-state index in [1.807, 2.05) is 0 Å². The molecular weight excluding hydrogens is 314 g/mol. The van der Waals surface area contributed by atoms with Gasteiger partial charge in [0.05, 0.1) is 16.8 Å². The molecule has 2 aromatic rings. The minimum Gasteiger partial charge on any atom is -0.326 e. The van der Waals surface area contributed by atoms with Crippen LogP contribution >= 0.6 is 11.6 Å². The minimum atomic E-state index is -3.72. The van der Waals surface area contributed by atoms with Crippen molar-refractivity contribution in [1.29, 1.82) is 0 Å². The standard InChI is InChI=1S/C13H12ClN3O3S/c1-9(18)16-10-2-5-12(6-3-10)21(19,20)17-11-4-7-13(14)15-8-11/h2-8,17H,1H3,(H,16,18). The fourth-order valence-electron chi connectivity index (χ4n) is 1.57. The van der Waals surface area contributed by atoms with Crippen molar-refractivity contribution in [2.75, 3.05) is 10.0 Å². The van der Waals surface area contributed by atoms with Gasteiger partial charge in [0, 0.05) is 12.6 Å². The monoisotopic (exact) mass is 325 g/mol. The first-order valence-electron chi connectivity index (χ1n) is 5.89. The summed E-state index contributed by atoms with van der Waals surface area (Å²) >= 11 is 5.64. The van der Waals surface area contributed by atoms with Crippen LogP contribution in [0.5, 0.6) is 0 Å². The van der Waals surface area contributed by atoms with Crippen molar-refractivity contribution in [1.82, 2.24) is 4.98 Å². The molecule has 1 heterocycles. The van der Waals surface area contributed by atoms with Crippen molar-refractivity contribution in [3.63, 3.8) is 0 Å². The number of hydrogen-bond acceptors (Lipinski definition) is 4. The number of hydrogen-bond donors (Lipinski definition) is 2. The molecule has 110 valence electrons. The normalized spacial score (nSPS) is 11.0. The molecular formula is C13H12ClN3O3S. The Morgan fingerprint density at radius 3 is 2.24 bits per heavy atom. The van der Waals surface area contributed by atoms with Crippen LogP contribution in [0, 0.1) is 0 Å². The van der Waals surface area contributed by atoms with Crippen molar-refractivity contribution in [2.45, 2.75) is 11.8 Å². The summed E-state index contributed by atoms with van der Waals surface area (Å²) in [5.41, 5.74) is 0.833. The van der Waals surface area contributed by atoms with Gasteiger partial charge in [-0.15, -0.1) is 0 Å². The van der Waals surface area contributed by atoms with Crippen LogP contribution in [-0.4, -0.2) is 19.3 Å². The summed E-state index contributed by atoms with van der Waals surface area (Å²) in [4.78, 5) is 14.8. The lowest BCUT2D eigenvalue weighted by atomic mass is 10.3. The van der Waals surface area contributed by atoms with Gasteiger partial charge in [-0.25, -0.2) is 13.4 Å². The van der Waals surface area contributed by atoms with E-state index in [0.29, 0.717) is 11.4 Å². The van der Waals surface area contributed by atoms with Crippen LogP contribution in [0.3, 0.4) is 0 Å². The molecule has 0 atom stereocenters. The smallest absolute Gasteiger partial charge is 0.261 e. The van der Waals surface area contributed by atoms with E-state index in [2.05, 4.69) is 15.0 Å². The maximum absolute atomic E-state index is 12.2. The van der Waals surface area contributed by atoms with E-state index in [1.54, 1.807) is 0 Å². The van der Waals surface area contributed by atoms with Crippen molar-refractivity contribution < 1.29 is 13.2 Å². The van der Waals surface area contributed by atoms with Gasteiger partial charge in [0.1, 0.15) is 5.15 Å². The van der Waals surface area contributed by atoms with Crippen molar-refractivity contribution in [3.8, 4) is 0 Å². The Bertz CT molecular complexity index is 743. The minimum absolute atomic E-state index is 0.0755. The van der Waals surface area contributed by atoms with Gasteiger partial charge in [-0.3, -0.25) is 9.52 Å². The van der Waals surface area contributed by atoms with Gasteiger partial charge in [-0.1, -0.05) is 11.6 Å². The third-order valence-corrected chi connectivity index (χ3v) is 4.09. The van der Waals surface area contributed by atoms with Crippen LogP contribution in [0.1, 0.15) is 6.92 Å². The van der Waals surface area contributed by atoms with Crippen molar-refractivity contribution in [3.05, 3.63) is 47.7 Å². The van der Waals surface area contributed by atoms with Crippen molar-refractivity contribution in [2.24, 2.45) is 0 Å². The summed E-state index contributed by atoms with van der Waals surface area (Å²) in [6.07, 6.45) is 1.32. The van der Waals surface area contributed by atoms with E-state index in [4.69, 9.17) is 11.6 Å². The number of benzene rings is 1. The number of sulfonamides is 1. The molecule has 0 radical (unpaired) electrons. The molecule has 0 saturated heterocycles. The Labute approximate surface area is 127 Å². The van der Waals surface area contributed by atoms with Crippen LogP contribution in [0.4, 0.5) is 11.4 Å². The molecule has 0 saturated carbocycles. The predicted octanol–water partition coefficient (Wildman–Crippen LogP) is 2.49. The highest BCUT2D eigenvalue weighted by Crippen LogP contribution is 2.18. The van der Waals surface area contributed by atoms with E-state index >= 15 is 0 Å². The maximum atomic E-state index is 12.2. The lowest BCUT2D eigenvalue weighted by Crippen LogP contribution is -2.13. The van der Waals surface area contributed by atoms with Gasteiger partial charge in [0.2, 0.25) is 5.91 Å². The average Bonchev–Trinajstić information content (AvgIpc) is 2.41. The van der Waals surface area contributed by atoms with Gasteiger partial charge < -0.3 is 5.32 Å². The summed E-state index contributed by atoms with van der Waals surface area (Å²) < 4.78 is 26.7. The second-order valence-corrected chi connectivity index (χ2v) is 6.25. The topological polar surface area (TPSA) is 88.2 Å². The number of nitrogens with one attached hydrogen (secondary N) is 2. The zero-order valence-electron chi connectivity index (χ0n) is 11.0. The molecule has 1 aromatic carbocycles. The molecule has 2 N–H and O–H groups in total. The van der Waals surface area contributed by atoms with Crippen LogP contribution in [-0.2, 0) is 14.8 Å². The third kappa shape index (κ3) is 4.17. The van der Waals surface area contributed by atoms with Crippen molar-refractivity contribution >= 4 is 38.9 Å². The second kappa shape index (κ2) is 6.11. The van der Waals surface area contributed by atoms with Gasteiger partial charge >= 0.3 is 0 Å². The lowest BCUT2D eigenvalue weighted by Gasteiger charge is -2.08. The molecule has 0 spiro atoms. The first-order valence-corrected chi connectivity index (χ1v) is 7.75. The fraction of sp³-hybridized carbons (Fsp3) is 0.0769. The Morgan fingerprint density at radius 1 is 1.10 bits per heavy atom. The number of rotatable bonds is 4. The Balaban J connectivity index is 2.19.